The van der Waals surface area contributed by atoms with Crippen molar-refractivity contribution >= 4 is 11.8 Å². The molecular formula is C18H23N3O3. The Balaban J connectivity index is 1.34. The van der Waals surface area contributed by atoms with Gasteiger partial charge in [0, 0.05) is 37.7 Å². The number of benzene rings is 1. The first-order valence-corrected chi connectivity index (χ1v) is 8.62. The average Bonchev–Trinajstić information content (AvgIpc) is 3.12. The van der Waals surface area contributed by atoms with E-state index in [1.807, 2.05) is 21.9 Å². The van der Waals surface area contributed by atoms with E-state index in [0.29, 0.717) is 55.2 Å². The molecule has 0 bridgehead atoms. The second kappa shape index (κ2) is 6.09. The monoisotopic (exact) mass is 329 g/mol. The number of ether oxygens (including phenoxy) is 1. The number of fused-ring (bicyclic) bond motifs is 1. The van der Waals surface area contributed by atoms with Crippen molar-refractivity contribution < 1.29 is 14.3 Å². The number of piperazine rings is 1. The summed E-state index contributed by atoms with van der Waals surface area (Å²) in [5, 5.41) is 3.33. The molecule has 2 amide bonds. The molecule has 1 aliphatic carbocycles. The van der Waals surface area contributed by atoms with Crippen LogP contribution in [0.25, 0.3) is 0 Å². The summed E-state index contributed by atoms with van der Waals surface area (Å²) in [6, 6.07) is 7.22. The molecule has 1 saturated carbocycles. The number of hydrogen-bond donors (Lipinski definition) is 1. The number of carbonyl (C=O) groups excluding carboxylic acids is 2. The Bertz CT molecular complexity index is 645. The summed E-state index contributed by atoms with van der Waals surface area (Å²) < 4.78 is 5.18. The van der Waals surface area contributed by atoms with Crippen LogP contribution >= 0.6 is 0 Å². The fraction of sp³-hybridized carbons (Fsp3) is 0.556. The highest BCUT2D eigenvalue weighted by atomic mass is 16.5. The minimum atomic E-state index is 0.00786. The van der Waals surface area contributed by atoms with Gasteiger partial charge in [0.25, 0.3) is 5.91 Å². The zero-order valence-corrected chi connectivity index (χ0v) is 13.9. The van der Waals surface area contributed by atoms with Crippen molar-refractivity contribution in [1.29, 1.82) is 0 Å². The number of amides is 2. The van der Waals surface area contributed by atoms with Crippen molar-refractivity contribution in [2.24, 2.45) is 17.8 Å². The topological polar surface area (TPSA) is 61.9 Å². The number of nitrogens with one attached hydrogen (secondary N) is 1. The van der Waals surface area contributed by atoms with Crippen LogP contribution in [0.1, 0.15) is 10.4 Å². The van der Waals surface area contributed by atoms with E-state index in [-0.39, 0.29) is 11.8 Å². The molecule has 1 aromatic rings. The lowest BCUT2D eigenvalue weighted by molar-refractivity contribution is -0.134. The molecule has 3 atom stereocenters. The van der Waals surface area contributed by atoms with E-state index in [1.54, 1.807) is 19.2 Å². The van der Waals surface area contributed by atoms with Gasteiger partial charge >= 0.3 is 0 Å². The van der Waals surface area contributed by atoms with Crippen LogP contribution < -0.4 is 10.1 Å². The second-order valence-electron chi connectivity index (χ2n) is 6.86. The van der Waals surface area contributed by atoms with E-state index in [2.05, 4.69) is 5.32 Å². The summed E-state index contributed by atoms with van der Waals surface area (Å²) in [4.78, 5) is 29.0. The molecule has 2 aliphatic heterocycles. The standard InChI is InChI=1S/C18H23N3O3/c1-24-13-4-2-3-12(9-13)17(22)20-5-7-21(8-6-20)18(23)16-14-10-19-11-15(14)16/h2-4,9,14-16,19H,5-8,10-11H2,1H3/t14-,15+,16?. The van der Waals surface area contributed by atoms with Gasteiger partial charge in [-0.15, -0.1) is 0 Å². The molecule has 2 heterocycles. The number of nitrogens with zero attached hydrogens (tertiary/aromatic N) is 2. The van der Waals surface area contributed by atoms with Crippen molar-refractivity contribution in [3.63, 3.8) is 0 Å². The Hall–Kier alpha value is -2.08. The lowest BCUT2D eigenvalue weighted by Gasteiger charge is -2.35. The zero-order valence-electron chi connectivity index (χ0n) is 13.9. The number of methoxy groups -OCH3 is 1. The quantitative estimate of drug-likeness (QED) is 0.874. The maximum Gasteiger partial charge on any atom is 0.254 e. The first-order chi connectivity index (χ1) is 11.7. The third-order valence-corrected chi connectivity index (χ3v) is 5.57. The molecule has 3 fully saturated rings. The molecule has 4 rings (SSSR count). The molecule has 1 unspecified atom stereocenters. The van der Waals surface area contributed by atoms with E-state index < -0.39 is 0 Å². The Morgan fingerprint density at radius 2 is 1.75 bits per heavy atom. The predicted molar refractivity (Wildman–Crippen MR) is 88.8 cm³/mol. The summed E-state index contributed by atoms with van der Waals surface area (Å²) >= 11 is 0. The van der Waals surface area contributed by atoms with Gasteiger partial charge < -0.3 is 19.9 Å². The normalized spacial score (nSPS) is 28.5. The smallest absolute Gasteiger partial charge is 0.254 e. The molecule has 1 N–H and O–H groups in total. The largest absolute Gasteiger partial charge is 0.497 e. The van der Waals surface area contributed by atoms with Gasteiger partial charge in [0.05, 0.1) is 7.11 Å². The molecule has 0 aromatic heterocycles. The van der Waals surface area contributed by atoms with Crippen molar-refractivity contribution in [1.82, 2.24) is 15.1 Å². The van der Waals surface area contributed by atoms with E-state index in [0.717, 1.165) is 13.1 Å². The van der Waals surface area contributed by atoms with Crippen LogP contribution in [-0.2, 0) is 4.79 Å². The third kappa shape index (κ3) is 2.65. The maximum absolute atomic E-state index is 12.6. The van der Waals surface area contributed by atoms with E-state index in [4.69, 9.17) is 4.74 Å². The fourth-order valence-corrected chi connectivity index (χ4v) is 4.06. The van der Waals surface area contributed by atoms with Crippen molar-refractivity contribution in [2.45, 2.75) is 0 Å². The number of rotatable bonds is 3. The summed E-state index contributed by atoms with van der Waals surface area (Å²) in [6.07, 6.45) is 0. The van der Waals surface area contributed by atoms with Crippen LogP contribution in [0.3, 0.4) is 0 Å². The first-order valence-electron chi connectivity index (χ1n) is 8.62. The molecule has 24 heavy (non-hydrogen) atoms. The van der Waals surface area contributed by atoms with Gasteiger partial charge in [-0.1, -0.05) is 6.07 Å². The molecule has 6 nitrogen and oxygen atoms in total. The van der Waals surface area contributed by atoms with Gasteiger partial charge in [0.1, 0.15) is 5.75 Å². The number of hydrogen-bond acceptors (Lipinski definition) is 4. The lowest BCUT2D eigenvalue weighted by Crippen LogP contribution is -2.51. The molecule has 1 aromatic carbocycles. The summed E-state index contributed by atoms with van der Waals surface area (Å²) in [6.45, 7) is 4.44. The van der Waals surface area contributed by atoms with Crippen molar-refractivity contribution in [3.8, 4) is 5.75 Å². The Morgan fingerprint density at radius 3 is 2.42 bits per heavy atom. The molecule has 128 valence electrons. The number of carbonyl (C=O) groups is 2. The fourth-order valence-electron chi connectivity index (χ4n) is 4.06. The minimum Gasteiger partial charge on any atom is -0.497 e. The summed E-state index contributed by atoms with van der Waals surface area (Å²) in [7, 11) is 1.59. The lowest BCUT2D eigenvalue weighted by atomic mass is 10.1. The molecule has 3 aliphatic rings. The van der Waals surface area contributed by atoms with Crippen LogP contribution in [0.4, 0.5) is 0 Å². The molecule has 0 radical (unpaired) electrons. The van der Waals surface area contributed by atoms with Gasteiger partial charge in [-0.3, -0.25) is 9.59 Å². The van der Waals surface area contributed by atoms with Crippen LogP contribution in [-0.4, -0.2) is 68.0 Å². The molecule has 2 saturated heterocycles. The second-order valence-corrected chi connectivity index (χ2v) is 6.86. The zero-order chi connectivity index (χ0) is 16.7. The van der Waals surface area contributed by atoms with E-state index in [9.17, 15) is 9.59 Å². The minimum absolute atomic E-state index is 0.00786. The highest BCUT2D eigenvalue weighted by molar-refractivity contribution is 5.94. The van der Waals surface area contributed by atoms with Crippen LogP contribution in [0.5, 0.6) is 5.75 Å². The highest BCUT2D eigenvalue weighted by Gasteiger charge is 2.57. The van der Waals surface area contributed by atoms with Gasteiger partial charge in [0.15, 0.2) is 0 Å². The Kier molecular flexibility index (Phi) is 3.92. The van der Waals surface area contributed by atoms with Gasteiger partial charge in [-0.05, 0) is 43.1 Å². The van der Waals surface area contributed by atoms with Gasteiger partial charge in [0.2, 0.25) is 5.91 Å². The summed E-state index contributed by atoms with van der Waals surface area (Å²) in [5.74, 6) is 2.31. The van der Waals surface area contributed by atoms with Gasteiger partial charge in [-0.25, -0.2) is 0 Å². The first kappa shape index (κ1) is 15.4. The van der Waals surface area contributed by atoms with Crippen LogP contribution in [0, 0.1) is 17.8 Å². The Morgan fingerprint density at radius 1 is 1.08 bits per heavy atom. The predicted octanol–water partition coefficient (Wildman–Crippen LogP) is 0.445. The third-order valence-electron chi connectivity index (χ3n) is 5.57. The highest BCUT2D eigenvalue weighted by Crippen LogP contribution is 2.49. The van der Waals surface area contributed by atoms with E-state index >= 15 is 0 Å². The van der Waals surface area contributed by atoms with Crippen molar-refractivity contribution in [3.05, 3.63) is 29.8 Å². The maximum atomic E-state index is 12.6. The SMILES string of the molecule is COc1cccc(C(=O)N2CCN(C(=O)C3[C@H]4CNC[C@@H]34)CC2)c1. The molecular weight excluding hydrogens is 306 g/mol. The number of piperidine rings is 1. The van der Waals surface area contributed by atoms with Crippen molar-refractivity contribution in [2.75, 3.05) is 46.4 Å². The van der Waals surface area contributed by atoms with E-state index in [1.165, 1.54) is 0 Å². The summed E-state index contributed by atoms with van der Waals surface area (Å²) in [5.41, 5.74) is 0.636. The Labute approximate surface area is 141 Å². The molecule has 0 spiro atoms. The van der Waals surface area contributed by atoms with Gasteiger partial charge in [-0.2, -0.15) is 0 Å². The van der Waals surface area contributed by atoms with Crippen LogP contribution in [0.2, 0.25) is 0 Å². The van der Waals surface area contributed by atoms with Crippen LogP contribution in [0.15, 0.2) is 24.3 Å². The average molecular weight is 329 g/mol. The molecule has 6 heteroatoms.